The van der Waals surface area contributed by atoms with Crippen LogP contribution in [0.4, 0.5) is 17.1 Å². The lowest BCUT2D eigenvalue weighted by Gasteiger charge is -2.28. The molecule has 0 unspecified atom stereocenters. The number of rotatable bonds is 5. The van der Waals surface area contributed by atoms with E-state index in [1.165, 1.54) is 11.1 Å². The van der Waals surface area contributed by atoms with Crippen molar-refractivity contribution in [3.8, 4) is 11.1 Å². The normalized spacial score (nSPS) is 10.3. The second-order valence-corrected chi connectivity index (χ2v) is 6.03. The summed E-state index contributed by atoms with van der Waals surface area (Å²) >= 11 is 0. The Bertz CT molecular complexity index is 911. The summed E-state index contributed by atoms with van der Waals surface area (Å²) in [4.78, 5) is 0. The Hall–Kier alpha value is -3.52. The van der Waals surface area contributed by atoms with Crippen LogP contribution in [-0.4, -0.2) is 0 Å². The van der Waals surface area contributed by atoms with Crippen LogP contribution in [0.15, 0.2) is 115 Å². The molecular formula is C24H20N2. The van der Waals surface area contributed by atoms with Gasteiger partial charge in [-0.15, -0.1) is 0 Å². The predicted octanol–water partition coefficient (Wildman–Crippen LogP) is 6.52. The molecule has 0 radical (unpaired) electrons. The molecule has 2 nitrogen and oxygen atoms in total. The molecule has 0 bridgehead atoms. The van der Waals surface area contributed by atoms with E-state index in [4.69, 9.17) is 0 Å². The van der Waals surface area contributed by atoms with Crippen molar-refractivity contribution in [2.24, 2.45) is 0 Å². The van der Waals surface area contributed by atoms with Crippen LogP contribution in [0.1, 0.15) is 0 Å². The van der Waals surface area contributed by atoms with Crippen molar-refractivity contribution in [2.45, 2.75) is 0 Å². The van der Waals surface area contributed by atoms with Crippen LogP contribution in [-0.2, 0) is 0 Å². The number of hydrazine groups is 1. The predicted molar refractivity (Wildman–Crippen MR) is 111 cm³/mol. The van der Waals surface area contributed by atoms with Crippen molar-refractivity contribution in [1.29, 1.82) is 0 Å². The van der Waals surface area contributed by atoms with Crippen molar-refractivity contribution in [3.63, 3.8) is 0 Å². The maximum absolute atomic E-state index is 3.61. The highest BCUT2D eigenvalue weighted by molar-refractivity contribution is 5.80. The van der Waals surface area contributed by atoms with E-state index in [1.54, 1.807) is 0 Å². The first-order valence-electron chi connectivity index (χ1n) is 8.73. The van der Waals surface area contributed by atoms with Crippen molar-refractivity contribution >= 4 is 17.1 Å². The number of nitrogens with one attached hydrogen (secondary N) is 1. The van der Waals surface area contributed by atoms with Crippen LogP contribution < -0.4 is 10.4 Å². The Morgan fingerprint density at radius 3 is 1.50 bits per heavy atom. The third-order valence-electron chi connectivity index (χ3n) is 4.27. The summed E-state index contributed by atoms with van der Waals surface area (Å²) in [5.41, 5.74) is 9.21. The zero-order chi connectivity index (χ0) is 17.6. The Morgan fingerprint density at radius 1 is 0.462 bits per heavy atom. The molecule has 4 aromatic rings. The molecule has 0 fully saturated rings. The van der Waals surface area contributed by atoms with Gasteiger partial charge in [0.05, 0.1) is 17.1 Å². The van der Waals surface area contributed by atoms with Crippen molar-refractivity contribution in [2.75, 3.05) is 10.4 Å². The van der Waals surface area contributed by atoms with E-state index in [2.05, 4.69) is 107 Å². The highest BCUT2D eigenvalue weighted by Crippen LogP contribution is 2.31. The fraction of sp³-hybridized carbons (Fsp3) is 0. The van der Waals surface area contributed by atoms with E-state index in [9.17, 15) is 0 Å². The number of hydrogen-bond donors (Lipinski definition) is 1. The highest BCUT2D eigenvalue weighted by Gasteiger charge is 2.11. The molecule has 126 valence electrons. The van der Waals surface area contributed by atoms with Gasteiger partial charge in [-0.05, 0) is 35.9 Å². The van der Waals surface area contributed by atoms with Gasteiger partial charge in [0.15, 0.2) is 0 Å². The molecule has 0 atom stereocenters. The van der Waals surface area contributed by atoms with E-state index >= 15 is 0 Å². The zero-order valence-electron chi connectivity index (χ0n) is 14.4. The summed E-state index contributed by atoms with van der Waals surface area (Å²) in [6.45, 7) is 0. The number of anilines is 3. The Morgan fingerprint density at radius 2 is 0.923 bits per heavy atom. The lowest BCUT2D eigenvalue weighted by Crippen LogP contribution is -2.24. The highest BCUT2D eigenvalue weighted by atomic mass is 15.5. The largest absolute Gasteiger partial charge is 0.293 e. The Labute approximate surface area is 154 Å². The zero-order valence-corrected chi connectivity index (χ0v) is 14.4. The standard InChI is InChI=1S/C24H20N2/c1-4-12-20(13-5-1)23-18-10-11-19-24(23)25-26(21-14-6-2-7-15-21)22-16-8-3-9-17-22/h1-19,25H. The van der Waals surface area contributed by atoms with Crippen LogP contribution in [0.2, 0.25) is 0 Å². The minimum Gasteiger partial charge on any atom is -0.293 e. The number of nitrogens with zero attached hydrogens (tertiary/aromatic N) is 1. The molecule has 4 rings (SSSR count). The summed E-state index contributed by atoms with van der Waals surface area (Å²) in [7, 11) is 0. The van der Waals surface area contributed by atoms with Crippen LogP contribution in [0.25, 0.3) is 11.1 Å². The van der Waals surface area contributed by atoms with Gasteiger partial charge < -0.3 is 0 Å². The summed E-state index contributed by atoms with van der Waals surface area (Å²) in [5.74, 6) is 0. The van der Waals surface area contributed by atoms with Gasteiger partial charge in [0, 0.05) is 5.56 Å². The lowest BCUT2D eigenvalue weighted by atomic mass is 10.0. The van der Waals surface area contributed by atoms with Crippen LogP contribution in [0.3, 0.4) is 0 Å². The molecule has 1 N–H and O–H groups in total. The van der Waals surface area contributed by atoms with Crippen LogP contribution >= 0.6 is 0 Å². The molecule has 0 spiro atoms. The van der Waals surface area contributed by atoms with E-state index in [1.807, 2.05) is 18.2 Å². The van der Waals surface area contributed by atoms with E-state index in [0.717, 1.165) is 17.1 Å². The van der Waals surface area contributed by atoms with E-state index < -0.39 is 0 Å². The van der Waals surface area contributed by atoms with E-state index in [-0.39, 0.29) is 0 Å². The minimum absolute atomic E-state index is 1.06. The third kappa shape index (κ3) is 3.45. The quantitative estimate of drug-likeness (QED) is 0.417. The van der Waals surface area contributed by atoms with E-state index in [0.29, 0.717) is 0 Å². The van der Waals surface area contributed by atoms with Crippen molar-refractivity contribution < 1.29 is 0 Å². The molecule has 4 aromatic carbocycles. The first kappa shape index (κ1) is 16.0. The first-order valence-corrected chi connectivity index (χ1v) is 8.73. The topological polar surface area (TPSA) is 15.3 Å². The number of benzene rings is 4. The van der Waals surface area contributed by atoms with Gasteiger partial charge in [0.25, 0.3) is 0 Å². The number of para-hydroxylation sites is 3. The fourth-order valence-electron chi connectivity index (χ4n) is 3.00. The molecule has 2 heteroatoms. The van der Waals surface area contributed by atoms with Gasteiger partial charge >= 0.3 is 0 Å². The summed E-state index contributed by atoms with van der Waals surface area (Å²) in [6.07, 6.45) is 0. The van der Waals surface area contributed by atoms with Gasteiger partial charge in [-0.25, -0.2) is 0 Å². The average Bonchev–Trinajstić information content (AvgIpc) is 2.74. The summed E-state index contributed by atoms with van der Waals surface area (Å²) < 4.78 is 0. The van der Waals surface area contributed by atoms with Crippen molar-refractivity contribution in [3.05, 3.63) is 115 Å². The molecule has 0 saturated heterocycles. The molecule has 0 saturated carbocycles. The maximum Gasteiger partial charge on any atom is 0.0630 e. The van der Waals surface area contributed by atoms with Gasteiger partial charge in [0.1, 0.15) is 0 Å². The molecule has 0 aliphatic carbocycles. The molecule has 26 heavy (non-hydrogen) atoms. The van der Waals surface area contributed by atoms with Gasteiger partial charge in [-0.3, -0.25) is 10.4 Å². The van der Waals surface area contributed by atoms with Gasteiger partial charge in [-0.2, -0.15) is 0 Å². The third-order valence-corrected chi connectivity index (χ3v) is 4.27. The Balaban J connectivity index is 1.76. The second kappa shape index (κ2) is 7.58. The lowest BCUT2D eigenvalue weighted by molar-refractivity contribution is 1.16. The Kier molecular flexibility index (Phi) is 4.66. The summed E-state index contributed by atoms with van der Waals surface area (Å²) in [6, 6.07) is 39.5. The average molecular weight is 336 g/mol. The summed E-state index contributed by atoms with van der Waals surface area (Å²) in [5, 5.41) is 2.11. The molecule has 0 heterocycles. The SMILES string of the molecule is c1ccc(-c2ccccc2NN(c2ccccc2)c2ccccc2)cc1. The maximum atomic E-state index is 3.61. The monoisotopic (exact) mass is 336 g/mol. The smallest absolute Gasteiger partial charge is 0.0630 e. The number of hydrogen-bond acceptors (Lipinski definition) is 2. The molecule has 0 amide bonds. The first-order chi connectivity index (χ1) is 12.9. The van der Waals surface area contributed by atoms with Crippen LogP contribution in [0.5, 0.6) is 0 Å². The minimum atomic E-state index is 1.06. The second-order valence-electron chi connectivity index (χ2n) is 6.03. The van der Waals surface area contributed by atoms with Gasteiger partial charge in [0.2, 0.25) is 0 Å². The molecule has 0 aliphatic heterocycles. The molecule has 0 aliphatic rings. The molecule has 0 aromatic heterocycles. The molecular weight excluding hydrogens is 316 g/mol. The van der Waals surface area contributed by atoms with Crippen LogP contribution in [0, 0.1) is 0 Å². The fourth-order valence-corrected chi connectivity index (χ4v) is 3.00. The van der Waals surface area contributed by atoms with Gasteiger partial charge in [-0.1, -0.05) is 84.9 Å². The van der Waals surface area contributed by atoms with Crippen molar-refractivity contribution in [1.82, 2.24) is 0 Å².